The molecule has 9 nitrogen and oxygen atoms in total. The Hall–Kier alpha value is -3.27. The summed E-state index contributed by atoms with van der Waals surface area (Å²) < 4.78 is 0. The molecular weight excluding hydrogens is 495 g/mol. The van der Waals surface area contributed by atoms with E-state index in [-0.39, 0.29) is 34.0 Å². The zero-order chi connectivity index (χ0) is 25.1. The third-order valence-electron chi connectivity index (χ3n) is 5.98. The van der Waals surface area contributed by atoms with Gasteiger partial charge in [-0.05, 0) is 43.5 Å². The molecular formula is C24H22Cl2N4O5. The standard InChI is InChI=1S/C24H22Cl2N4O5/c25-15-11-27-12-16(26)22(15)29-24(35)14-6-4-13(5-7-14)17(10-21(32)33)30(18-9-19(31)23(18)34)20-3-1-2-8-28-20/h4-7,9,11-12,17,20,28H,1-3,8,10H2,(H,32,33)(H,27,29,35). The quantitative estimate of drug-likeness (QED) is 0.388. The topological polar surface area (TPSA) is 129 Å². The van der Waals surface area contributed by atoms with Crippen molar-refractivity contribution in [2.75, 3.05) is 16.8 Å². The first-order chi connectivity index (χ1) is 16.8. The first-order valence-corrected chi connectivity index (χ1v) is 11.8. The number of carboxylic acids is 1. The molecule has 0 aliphatic carbocycles. The largest absolute Gasteiger partial charge is 0.481 e. The second kappa shape index (κ2) is 10.6. The van der Waals surface area contributed by atoms with E-state index in [1.807, 2.05) is 0 Å². The van der Waals surface area contributed by atoms with Gasteiger partial charge in [0.05, 0.1) is 40.0 Å². The van der Waals surface area contributed by atoms with Gasteiger partial charge in [-0.15, -0.1) is 0 Å². The van der Waals surface area contributed by atoms with Crippen LogP contribution in [0.5, 0.6) is 0 Å². The van der Waals surface area contributed by atoms with E-state index >= 15 is 0 Å². The number of aromatic nitrogens is 1. The minimum absolute atomic E-state index is 0.188. The number of carbonyl (C=O) groups excluding carboxylic acids is 1. The highest BCUT2D eigenvalue weighted by Crippen LogP contribution is 2.33. The first kappa shape index (κ1) is 24.8. The lowest BCUT2D eigenvalue weighted by Gasteiger charge is -2.42. The third-order valence-corrected chi connectivity index (χ3v) is 6.55. The van der Waals surface area contributed by atoms with Crippen LogP contribution < -0.4 is 26.4 Å². The number of amides is 1. The Bertz CT molecular complexity index is 1290. The maximum Gasteiger partial charge on any atom is 0.305 e. The summed E-state index contributed by atoms with van der Waals surface area (Å²) in [7, 11) is 0. The number of piperidine rings is 1. The molecule has 11 heteroatoms. The van der Waals surface area contributed by atoms with Gasteiger partial charge in [-0.1, -0.05) is 35.3 Å². The molecule has 0 radical (unpaired) electrons. The molecule has 1 amide bonds. The number of benzene rings is 1. The van der Waals surface area contributed by atoms with E-state index in [0.29, 0.717) is 17.5 Å². The number of rotatable bonds is 8. The number of carbonyl (C=O) groups is 2. The summed E-state index contributed by atoms with van der Waals surface area (Å²) in [6.45, 7) is 0.718. The van der Waals surface area contributed by atoms with Crippen LogP contribution in [0.15, 0.2) is 52.3 Å². The van der Waals surface area contributed by atoms with Crippen LogP contribution in [0.4, 0.5) is 11.4 Å². The number of hydrogen-bond donors (Lipinski definition) is 3. The number of carboxylic acid groups (broad SMARTS) is 1. The van der Waals surface area contributed by atoms with Crippen molar-refractivity contribution in [3.05, 3.63) is 84.3 Å². The summed E-state index contributed by atoms with van der Waals surface area (Å²) in [6, 6.07) is 6.90. The van der Waals surface area contributed by atoms with Gasteiger partial charge >= 0.3 is 5.97 Å². The molecule has 2 heterocycles. The summed E-state index contributed by atoms with van der Waals surface area (Å²) in [4.78, 5) is 54.1. The van der Waals surface area contributed by atoms with Crippen molar-refractivity contribution in [1.82, 2.24) is 10.3 Å². The van der Waals surface area contributed by atoms with Crippen LogP contribution in [0.3, 0.4) is 0 Å². The Balaban J connectivity index is 1.64. The van der Waals surface area contributed by atoms with Gasteiger partial charge in [0.25, 0.3) is 5.91 Å². The van der Waals surface area contributed by atoms with Gasteiger partial charge in [-0.2, -0.15) is 0 Å². The maximum atomic E-state index is 12.7. The minimum atomic E-state index is -1.06. The van der Waals surface area contributed by atoms with E-state index in [0.717, 1.165) is 19.4 Å². The molecule has 1 aliphatic rings. The second-order valence-electron chi connectivity index (χ2n) is 8.26. The van der Waals surface area contributed by atoms with Crippen LogP contribution in [0.1, 0.15) is 47.6 Å². The molecule has 182 valence electrons. The molecule has 0 spiro atoms. The van der Waals surface area contributed by atoms with Gasteiger partial charge in [-0.25, -0.2) is 0 Å². The highest BCUT2D eigenvalue weighted by Gasteiger charge is 2.34. The Morgan fingerprint density at radius 2 is 1.83 bits per heavy atom. The SMILES string of the molecule is O=C(O)CC(c1ccc(C(=O)Nc2c(Cl)cncc2Cl)cc1)N(c1cc(=O)c1=O)C1CCCCN1. The number of nitrogens with zero attached hydrogens (tertiary/aromatic N) is 2. The number of nitrogens with one attached hydrogen (secondary N) is 2. The summed E-state index contributed by atoms with van der Waals surface area (Å²) in [5, 5.41) is 16.0. The monoisotopic (exact) mass is 516 g/mol. The molecule has 3 N–H and O–H groups in total. The second-order valence-corrected chi connectivity index (χ2v) is 9.08. The van der Waals surface area contributed by atoms with E-state index in [4.69, 9.17) is 23.2 Å². The van der Waals surface area contributed by atoms with Crippen LogP contribution in [-0.4, -0.2) is 34.7 Å². The van der Waals surface area contributed by atoms with Crippen molar-refractivity contribution in [1.29, 1.82) is 0 Å². The van der Waals surface area contributed by atoms with Gasteiger partial charge in [-0.3, -0.25) is 29.5 Å². The number of aliphatic carboxylic acids is 1. The maximum absolute atomic E-state index is 12.7. The van der Waals surface area contributed by atoms with Gasteiger partial charge in [0.1, 0.15) is 0 Å². The highest BCUT2D eigenvalue weighted by molar-refractivity contribution is 6.39. The first-order valence-electron chi connectivity index (χ1n) is 11.0. The minimum Gasteiger partial charge on any atom is -0.481 e. The molecule has 2 aromatic carbocycles. The fraction of sp³-hybridized carbons (Fsp3) is 0.292. The number of halogens is 2. The predicted octanol–water partition coefficient (Wildman–Crippen LogP) is 3.36. The summed E-state index contributed by atoms with van der Waals surface area (Å²) in [5.74, 6) is -1.52. The van der Waals surface area contributed by atoms with Crippen LogP contribution in [0, 0.1) is 0 Å². The van der Waals surface area contributed by atoms with Crippen molar-refractivity contribution >= 4 is 46.5 Å². The number of hydrogen-bond acceptors (Lipinski definition) is 7. The van der Waals surface area contributed by atoms with Gasteiger partial charge in [0.15, 0.2) is 0 Å². The van der Waals surface area contributed by atoms with Gasteiger partial charge in [0.2, 0.25) is 10.9 Å². The molecule has 1 fully saturated rings. The van der Waals surface area contributed by atoms with Crippen LogP contribution in [0.2, 0.25) is 10.0 Å². The van der Waals surface area contributed by atoms with E-state index in [1.165, 1.54) is 18.5 Å². The van der Waals surface area contributed by atoms with Crippen molar-refractivity contribution in [3.63, 3.8) is 0 Å². The predicted molar refractivity (Wildman–Crippen MR) is 133 cm³/mol. The highest BCUT2D eigenvalue weighted by atomic mass is 35.5. The van der Waals surface area contributed by atoms with Crippen LogP contribution in [0.25, 0.3) is 0 Å². The lowest BCUT2D eigenvalue weighted by molar-refractivity contribution is -0.137. The zero-order valence-corrected chi connectivity index (χ0v) is 20.0. The zero-order valence-electron chi connectivity index (χ0n) is 18.5. The molecule has 35 heavy (non-hydrogen) atoms. The van der Waals surface area contributed by atoms with E-state index < -0.39 is 28.8 Å². The number of pyridine rings is 1. The Labute approximate surface area is 210 Å². The molecule has 4 rings (SSSR count). The smallest absolute Gasteiger partial charge is 0.305 e. The van der Waals surface area contributed by atoms with Crippen molar-refractivity contribution < 1.29 is 14.7 Å². The summed E-state index contributed by atoms with van der Waals surface area (Å²) in [6.07, 6.45) is 4.69. The van der Waals surface area contributed by atoms with Crippen molar-refractivity contribution in [3.8, 4) is 0 Å². The van der Waals surface area contributed by atoms with Crippen molar-refractivity contribution in [2.45, 2.75) is 37.9 Å². The molecule has 0 saturated carbocycles. The van der Waals surface area contributed by atoms with Gasteiger partial charge in [0, 0.05) is 24.0 Å². The molecule has 1 saturated heterocycles. The van der Waals surface area contributed by atoms with Crippen molar-refractivity contribution in [2.24, 2.45) is 0 Å². The van der Waals surface area contributed by atoms with E-state index in [9.17, 15) is 24.3 Å². The average molecular weight is 517 g/mol. The van der Waals surface area contributed by atoms with Crippen LogP contribution >= 0.6 is 23.2 Å². The lowest BCUT2D eigenvalue weighted by Crippen LogP contribution is -2.54. The Morgan fingerprint density at radius 3 is 2.37 bits per heavy atom. The lowest BCUT2D eigenvalue weighted by atomic mass is 9.96. The third kappa shape index (κ3) is 5.37. The molecule has 1 aromatic heterocycles. The molecule has 2 unspecified atom stereocenters. The molecule has 1 aliphatic heterocycles. The van der Waals surface area contributed by atoms with E-state index in [1.54, 1.807) is 29.2 Å². The molecule has 2 atom stereocenters. The summed E-state index contributed by atoms with van der Waals surface area (Å²) >= 11 is 12.1. The Morgan fingerprint density at radius 1 is 1.14 bits per heavy atom. The van der Waals surface area contributed by atoms with E-state index in [2.05, 4.69) is 15.6 Å². The molecule has 3 aromatic rings. The molecule has 0 bridgehead atoms. The normalized spacial score (nSPS) is 16.6. The summed E-state index contributed by atoms with van der Waals surface area (Å²) in [5.41, 5.74) is 0.0815. The fourth-order valence-corrected chi connectivity index (χ4v) is 4.69. The van der Waals surface area contributed by atoms with Crippen LogP contribution in [-0.2, 0) is 4.79 Å². The van der Waals surface area contributed by atoms with Gasteiger partial charge < -0.3 is 15.3 Å². The average Bonchev–Trinajstić information content (AvgIpc) is 2.85. The Kier molecular flexibility index (Phi) is 7.49. The number of anilines is 2. The fourth-order valence-electron chi connectivity index (χ4n) is 4.23.